The molecule has 0 N–H and O–H groups in total. The molecule has 0 spiro atoms. The molecule has 0 aromatic heterocycles. The summed E-state index contributed by atoms with van der Waals surface area (Å²) in [5.74, 6) is 0. The molecule has 0 saturated heterocycles. The van der Waals surface area contributed by atoms with Crippen molar-refractivity contribution in [2.24, 2.45) is 0 Å². The molecule has 0 aromatic carbocycles. The Hall–Kier alpha value is 4.53. The van der Waals surface area contributed by atoms with Crippen molar-refractivity contribution in [3.63, 3.8) is 0 Å². The second-order valence-corrected chi connectivity index (χ2v) is 0. The number of rotatable bonds is 0. The fourth-order valence-corrected chi connectivity index (χ4v) is 0. The van der Waals surface area contributed by atoms with Crippen molar-refractivity contribution in [3.8, 4) is 0 Å². The normalized spacial score (nSPS) is 0. The Morgan fingerprint density at radius 2 is 0.444 bits per heavy atom. The molecule has 2 radical (unpaired) electrons. The van der Waals surface area contributed by atoms with E-state index in [0.29, 0.717) is 0 Å². The molecule has 0 rings (SSSR count). The van der Waals surface area contributed by atoms with Gasteiger partial charge in [-0.3, -0.25) is 0 Å². The molecule has 0 heterocycles. The van der Waals surface area contributed by atoms with Gasteiger partial charge in [-0.05, 0) is 0 Å². The Morgan fingerprint density at radius 1 is 0.444 bits per heavy atom. The van der Waals surface area contributed by atoms with E-state index in [1.165, 1.54) is 0 Å². The summed E-state index contributed by atoms with van der Waals surface area (Å²) in [5, 5.41) is 0. The molecule has 0 bridgehead atoms. The van der Waals surface area contributed by atoms with Crippen LogP contribution in [0.25, 0.3) is 0 Å². The molecule has 0 nitrogen and oxygen atoms in total. The summed E-state index contributed by atoms with van der Waals surface area (Å²) < 4.78 is 0. The largest absolute Gasteiger partial charge is 2.00 e. The van der Waals surface area contributed by atoms with Gasteiger partial charge in [0.25, 0.3) is 0 Å². The standard InChI is InChI=1S/6BrH.Co.Mn.Zn/h6*1H;;;/q;;;;;;3*+2/p-6. The minimum Gasteiger partial charge on any atom is -1.00 e. The van der Waals surface area contributed by atoms with Crippen molar-refractivity contribution in [2.45, 2.75) is 0 Å². The van der Waals surface area contributed by atoms with Crippen LogP contribution in [0.15, 0.2) is 0 Å². The van der Waals surface area contributed by atoms with E-state index in [1.54, 1.807) is 0 Å². The quantitative estimate of drug-likeness (QED) is 0.227. The summed E-state index contributed by atoms with van der Waals surface area (Å²) >= 11 is 0. The molecular weight excluding hydrogens is 659 g/mol. The van der Waals surface area contributed by atoms with Crippen LogP contribution in [0.3, 0.4) is 0 Å². The van der Waals surface area contributed by atoms with Gasteiger partial charge in [-0.25, -0.2) is 0 Å². The Kier molecular flexibility index (Phi) is 934. The fraction of sp³-hybridized carbons (Fsp3) is 0. The first-order valence-corrected chi connectivity index (χ1v) is 0. The van der Waals surface area contributed by atoms with Crippen LogP contribution in [-0.4, -0.2) is 0 Å². The molecule has 0 aliphatic rings. The Bertz CT molecular complexity index is 13.0. The molecule has 0 fully saturated rings. The van der Waals surface area contributed by atoms with Crippen molar-refractivity contribution in [1.29, 1.82) is 0 Å². The van der Waals surface area contributed by atoms with Crippen LogP contribution in [-0.2, 0) is 53.3 Å². The molecule has 0 amide bonds. The minimum atomic E-state index is 0. The van der Waals surface area contributed by atoms with Crippen LogP contribution in [0.2, 0.25) is 0 Å². The van der Waals surface area contributed by atoms with Crippen LogP contribution in [0.4, 0.5) is 0 Å². The van der Waals surface area contributed by atoms with Gasteiger partial charge in [0.15, 0.2) is 0 Å². The Morgan fingerprint density at radius 3 is 0.444 bits per heavy atom. The smallest absolute Gasteiger partial charge is 1.00 e. The molecule has 60 valence electrons. The third-order valence-electron chi connectivity index (χ3n) is 0. The molecule has 0 aliphatic heterocycles. The maximum Gasteiger partial charge on any atom is 2.00 e. The van der Waals surface area contributed by atoms with E-state index in [9.17, 15) is 0 Å². The van der Waals surface area contributed by atoms with Gasteiger partial charge in [0.1, 0.15) is 0 Å². The van der Waals surface area contributed by atoms with Crippen LogP contribution in [0, 0.1) is 0 Å². The fourth-order valence-electron chi connectivity index (χ4n) is 0. The SMILES string of the molecule is [Br-].[Br-].[Br-].[Br-].[Br-].[Br-].[Co+2].[Mn+2].[Zn+2]. The van der Waals surface area contributed by atoms with Crippen molar-refractivity contribution in [3.05, 3.63) is 0 Å². The summed E-state index contributed by atoms with van der Waals surface area (Å²) in [6.45, 7) is 0. The van der Waals surface area contributed by atoms with Gasteiger partial charge in [-0.15, -0.1) is 0 Å². The number of halogens is 6. The van der Waals surface area contributed by atoms with E-state index < -0.39 is 0 Å². The van der Waals surface area contributed by atoms with E-state index in [2.05, 4.69) is 0 Å². The third kappa shape index (κ3) is 67.7. The Balaban J connectivity index is 0. The molecular formula is Br6CoMnZn. The molecule has 0 atom stereocenters. The zero-order chi connectivity index (χ0) is 0. The van der Waals surface area contributed by atoms with E-state index >= 15 is 0 Å². The maximum atomic E-state index is 0. The maximum absolute atomic E-state index is 0. The van der Waals surface area contributed by atoms with Crippen LogP contribution < -0.4 is 102 Å². The van der Waals surface area contributed by atoms with Crippen molar-refractivity contribution in [2.75, 3.05) is 0 Å². The van der Waals surface area contributed by atoms with Gasteiger partial charge in [-0.2, -0.15) is 0 Å². The van der Waals surface area contributed by atoms with Crippen molar-refractivity contribution >= 4 is 0 Å². The molecule has 0 saturated carbocycles. The van der Waals surface area contributed by atoms with Gasteiger partial charge in [0.05, 0.1) is 0 Å². The van der Waals surface area contributed by atoms with E-state index in [0.717, 1.165) is 0 Å². The molecule has 9 heteroatoms. The average Bonchev–Trinajstić information content (AvgIpc) is 0. The van der Waals surface area contributed by atoms with Crippen molar-refractivity contribution < 1.29 is 155 Å². The molecule has 9 heavy (non-hydrogen) atoms. The summed E-state index contributed by atoms with van der Waals surface area (Å²) in [6.07, 6.45) is 0. The molecule has 0 aromatic rings. The summed E-state index contributed by atoms with van der Waals surface area (Å²) in [5.41, 5.74) is 0. The number of hydrogen-bond donors (Lipinski definition) is 0. The first kappa shape index (κ1) is 104. The second kappa shape index (κ2) is 81.2. The summed E-state index contributed by atoms with van der Waals surface area (Å²) in [4.78, 5) is 0. The molecule has 0 unspecified atom stereocenters. The van der Waals surface area contributed by atoms with Gasteiger partial charge in [-0.1, -0.05) is 0 Å². The topological polar surface area (TPSA) is 0 Å². The zero-order valence-electron chi connectivity index (χ0n) is 3.69. The minimum absolute atomic E-state index is 0. The third-order valence-corrected chi connectivity index (χ3v) is 0. The first-order chi connectivity index (χ1) is 0. The van der Waals surface area contributed by atoms with Gasteiger partial charge in [0.2, 0.25) is 0 Å². The number of hydrogen-bond acceptors (Lipinski definition) is 0. The first-order valence-electron chi connectivity index (χ1n) is 0. The second-order valence-electron chi connectivity index (χ2n) is 0. The van der Waals surface area contributed by atoms with Crippen LogP contribution >= 0.6 is 0 Å². The van der Waals surface area contributed by atoms with Crippen molar-refractivity contribution in [1.82, 2.24) is 0 Å². The van der Waals surface area contributed by atoms with Gasteiger partial charge in [0, 0.05) is 0 Å². The average molecular weight is 659 g/mol. The van der Waals surface area contributed by atoms with E-state index in [4.69, 9.17) is 0 Å². The Labute approximate surface area is 152 Å². The van der Waals surface area contributed by atoms with Gasteiger partial charge >= 0.3 is 53.3 Å². The summed E-state index contributed by atoms with van der Waals surface area (Å²) in [6, 6.07) is 0. The van der Waals surface area contributed by atoms with Crippen LogP contribution in [0.1, 0.15) is 0 Å². The predicted molar refractivity (Wildman–Crippen MR) is 0 cm³/mol. The zero-order valence-corrected chi connectivity index (χ0v) is 18.4. The van der Waals surface area contributed by atoms with E-state index in [-0.39, 0.29) is 155 Å². The predicted octanol–water partition coefficient (Wildman–Crippen LogP) is -18.0. The van der Waals surface area contributed by atoms with Gasteiger partial charge < -0.3 is 102 Å². The monoisotopic (exact) mass is 651 g/mol. The summed E-state index contributed by atoms with van der Waals surface area (Å²) in [7, 11) is 0. The molecule has 0 aliphatic carbocycles. The van der Waals surface area contributed by atoms with E-state index in [1.807, 2.05) is 0 Å². The van der Waals surface area contributed by atoms with Crippen LogP contribution in [0.5, 0.6) is 0 Å².